The molecule has 0 aliphatic rings. The summed E-state index contributed by atoms with van der Waals surface area (Å²) in [6.45, 7) is 2.54. The quantitative estimate of drug-likeness (QED) is 0.621. The number of hydrogen-bond acceptors (Lipinski definition) is 5. The van der Waals surface area contributed by atoms with Gasteiger partial charge >= 0.3 is 5.97 Å². The van der Waals surface area contributed by atoms with Crippen LogP contribution < -0.4 is 4.31 Å². The molecule has 0 saturated heterocycles. The molecule has 2 rings (SSSR count). The summed E-state index contributed by atoms with van der Waals surface area (Å²) in [7, 11) is -4.30. The van der Waals surface area contributed by atoms with E-state index in [1.165, 1.54) is 18.2 Å². The van der Waals surface area contributed by atoms with Crippen molar-refractivity contribution in [2.45, 2.75) is 18.7 Å². The van der Waals surface area contributed by atoms with Crippen molar-refractivity contribution in [1.82, 2.24) is 0 Å². The third-order valence-corrected chi connectivity index (χ3v) is 5.33. The van der Waals surface area contributed by atoms with Crippen LogP contribution in [0.4, 0.5) is 11.4 Å². The lowest BCUT2D eigenvalue weighted by Crippen LogP contribution is -2.36. The number of hydrogen-bond donors (Lipinski definition) is 1. The van der Waals surface area contributed by atoms with Gasteiger partial charge in [-0.05, 0) is 31.0 Å². The molecule has 0 unspecified atom stereocenters. The van der Waals surface area contributed by atoms with E-state index in [1.807, 2.05) is 0 Å². The van der Waals surface area contributed by atoms with Gasteiger partial charge in [0.05, 0.1) is 15.5 Å². The molecule has 0 aliphatic carbocycles. The number of para-hydroxylation sites is 1. The molecule has 0 aliphatic heterocycles. The Kier molecular flexibility index (Phi) is 5.07. The van der Waals surface area contributed by atoms with Crippen LogP contribution in [0, 0.1) is 24.0 Å². The summed E-state index contributed by atoms with van der Waals surface area (Å²) >= 11 is 0. The number of aryl methyl sites for hydroxylation is 2. The molecule has 2 aromatic carbocycles. The van der Waals surface area contributed by atoms with Gasteiger partial charge in [-0.1, -0.05) is 24.3 Å². The minimum Gasteiger partial charge on any atom is -0.480 e. The van der Waals surface area contributed by atoms with Crippen LogP contribution in [0.3, 0.4) is 0 Å². The second kappa shape index (κ2) is 6.89. The maximum Gasteiger partial charge on any atom is 0.324 e. The van der Waals surface area contributed by atoms with E-state index in [2.05, 4.69) is 0 Å². The molecule has 0 fully saturated rings. The van der Waals surface area contributed by atoms with Gasteiger partial charge in [0.1, 0.15) is 6.54 Å². The molecule has 25 heavy (non-hydrogen) atoms. The summed E-state index contributed by atoms with van der Waals surface area (Å²) in [5.74, 6) is -1.34. The monoisotopic (exact) mass is 364 g/mol. The van der Waals surface area contributed by atoms with Crippen molar-refractivity contribution in [3.63, 3.8) is 0 Å². The average molecular weight is 364 g/mol. The van der Waals surface area contributed by atoms with Crippen molar-refractivity contribution in [1.29, 1.82) is 0 Å². The van der Waals surface area contributed by atoms with E-state index in [-0.39, 0.29) is 10.6 Å². The number of non-ortho nitro benzene ring substituents is 1. The first kappa shape index (κ1) is 18.4. The number of nitrogens with zero attached hydrogens (tertiary/aromatic N) is 2. The third-order valence-electron chi connectivity index (χ3n) is 3.58. The first-order valence-electron chi connectivity index (χ1n) is 7.20. The molecule has 132 valence electrons. The number of nitro groups is 1. The van der Waals surface area contributed by atoms with Crippen molar-refractivity contribution in [3.05, 3.63) is 63.7 Å². The van der Waals surface area contributed by atoms with Crippen LogP contribution in [0.5, 0.6) is 0 Å². The molecule has 8 nitrogen and oxygen atoms in total. The topological polar surface area (TPSA) is 118 Å². The zero-order valence-corrected chi connectivity index (χ0v) is 14.4. The number of sulfonamides is 1. The van der Waals surface area contributed by atoms with Crippen LogP contribution in [0.15, 0.2) is 47.4 Å². The molecule has 0 radical (unpaired) electrons. The first-order chi connectivity index (χ1) is 11.6. The van der Waals surface area contributed by atoms with Gasteiger partial charge in [-0.2, -0.15) is 0 Å². The molecule has 2 aromatic rings. The van der Waals surface area contributed by atoms with Gasteiger partial charge in [0, 0.05) is 12.1 Å². The predicted molar refractivity (Wildman–Crippen MR) is 91.2 cm³/mol. The Morgan fingerprint density at radius 1 is 1.16 bits per heavy atom. The largest absolute Gasteiger partial charge is 0.480 e. The summed E-state index contributed by atoms with van der Waals surface area (Å²) in [5.41, 5.74) is 1.01. The molecule has 9 heteroatoms. The van der Waals surface area contributed by atoms with Crippen LogP contribution in [-0.2, 0) is 14.8 Å². The van der Waals surface area contributed by atoms with Crippen molar-refractivity contribution >= 4 is 27.4 Å². The van der Waals surface area contributed by atoms with Crippen LogP contribution >= 0.6 is 0 Å². The van der Waals surface area contributed by atoms with Gasteiger partial charge < -0.3 is 5.11 Å². The Balaban J connectivity index is 2.67. The zero-order valence-electron chi connectivity index (χ0n) is 13.5. The SMILES string of the molecule is Cc1cccc(C)c1N(CC(=O)O)S(=O)(=O)c1cccc([N+](=O)[O-])c1. The molecule has 0 bridgehead atoms. The number of carboxylic acid groups (broad SMARTS) is 1. The van der Waals surface area contributed by atoms with E-state index in [0.717, 1.165) is 10.4 Å². The summed E-state index contributed by atoms with van der Waals surface area (Å²) < 4.78 is 26.7. The summed E-state index contributed by atoms with van der Waals surface area (Å²) in [4.78, 5) is 21.1. The Morgan fingerprint density at radius 3 is 2.24 bits per heavy atom. The molecule has 0 amide bonds. The number of aliphatic carboxylic acids is 1. The summed E-state index contributed by atoms with van der Waals surface area (Å²) in [5, 5.41) is 20.1. The van der Waals surface area contributed by atoms with E-state index in [9.17, 15) is 23.3 Å². The second-order valence-electron chi connectivity index (χ2n) is 5.40. The Morgan fingerprint density at radius 2 is 1.72 bits per heavy atom. The van der Waals surface area contributed by atoms with E-state index in [4.69, 9.17) is 5.11 Å². The standard InChI is InChI=1S/C16H16N2O6S/c1-11-5-3-6-12(2)16(11)17(10-15(19)20)25(23,24)14-8-4-7-13(9-14)18(21)22/h3-9H,10H2,1-2H3,(H,19,20). The van der Waals surface area contributed by atoms with E-state index < -0.39 is 33.1 Å². The van der Waals surface area contributed by atoms with Gasteiger partial charge in [-0.15, -0.1) is 0 Å². The number of carboxylic acids is 1. The second-order valence-corrected chi connectivity index (χ2v) is 7.26. The molecule has 0 atom stereocenters. The van der Waals surface area contributed by atoms with Crippen LogP contribution in [0.25, 0.3) is 0 Å². The highest BCUT2D eigenvalue weighted by molar-refractivity contribution is 7.92. The highest BCUT2D eigenvalue weighted by atomic mass is 32.2. The zero-order chi connectivity index (χ0) is 18.8. The van der Waals surface area contributed by atoms with E-state index >= 15 is 0 Å². The Hall–Kier alpha value is -2.94. The lowest BCUT2D eigenvalue weighted by atomic mass is 10.1. The fourth-order valence-corrected chi connectivity index (χ4v) is 4.07. The molecule has 0 heterocycles. The molecule has 1 N–H and O–H groups in total. The number of anilines is 1. The van der Waals surface area contributed by atoms with Gasteiger partial charge in [-0.25, -0.2) is 8.42 Å². The first-order valence-corrected chi connectivity index (χ1v) is 8.64. The van der Waals surface area contributed by atoms with Gasteiger partial charge in [0.25, 0.3) is 15.7 Å². The molecule has 0 spiro atoms. The van der Waals surface area contributed by atoms with Gasteiger partial charge in [0.2, 0.25) is 0 Å². The minimum atomic E-state index is -4.30. The molecule has 0 aromatic heterocycles. The summed E-state index contributed by atoms with van der Waals surface area (Å²) in [6, 6.07) is 9.59. The normalized spacial score (nSPS) is 11.1. The van der Waals surface area contributed by atoms with Crippen LogP contribution in [0.2, 0.25) is 0 Å². The fraction of sp³-hybridized carbons (Fsp3) is 0.188. The molecule has 0 saturated carbocycles. The number of carbonyl (C=O) groups is 1. The highest BCUT2D eigenvalue weighted by Gasteiger charge is 2.30. The lowest BCUT2D eigenvalue weighted by Gasteiger charge is -2.26. The molecular formula is C16H16N2O6S. The maximum absolute atomic E-state index is 13.0. The van der Waals surface area contributed by atoms with Crippen molar-refractivity contribution in [3.8, 4) is 0 Å². The average Bonchev–Trinajstić information content (AvgIpc) is 2.53. The Labute approximate surface area is 144 Å². The van der Waals surface area contributed by atoms with E-state index in [1.54, 1.807) is 32.0 Å². The smallest absolute Gasteiger partial charge is 0.324 e. The van der Waals surface area contributed by atoms with Crippen molar-refractivity contribution < 1.29 is 23.2 Å². The van der Waals surface area contributed by atoms with Gasteiger partial charge in [0.15, 0.2) is 0 Å². The number of nitro benzene ring substituents is 1. The predicted octanol–water partition coefficient (Wildman–Crippen LogP) is 2.49. The van der Waals surface area contributed by atoms with Crippen molar-refractivity contribution in [2.75, 3.05) is 10.8 Å². The third kappa shape index (κ3) is 3.77. The van der Waals surface area contributed by atoms with Crippen LogP contribution in [-0.4, -0.2) is 31.0 Å². The minimum absolute atomic E-state index is 0.247. The number of benzene rings is 2. The fourth-order valence-electron chi connectivity index (χ4n) is 2.49. The summed E-state index contributed by atoms with van der Waals surface area (Å²) in [6.07, 6.45) is 0. The lowest BCUT2D eigenvalue weighted by molar-refractivity contribution is -0.385. The van der Waals surface area contributed by atoms with E-state index in [0.29, 0.717) is 11.1 Å². The van der Waals surface area contributed by atoms with Crippen molar-refractivity contribution in [2.24, 2.45) is 0 Å². The molecular weight excluding hydrogens is 348 g/mol. The highest BCUT2D eigenvalue weighted by Crippen LogP contribution is 2.30. The number of rotatable bonds is 6. The van der Waals surface area contributed by atoms with Gasteiger partial charge in [-0.3, -0.25) is 19.2 Å². The Bertz CT molecular complexity index is 919. The van der Waals surface area contributed by atoms with Crippen LogP contribution in [0.1, 0.15) is 11.1 Å². The maximum atomic E-state index is 13.0.